The molecule has 4 heterocycles. The molecule has 8 heteroatoms. The average molecular weight is 382 g/mol. The van der Waals surface area contributed by atoms with Gasteiger partial charge in [-0.3, -0.25) is 19.4 Å². The molecule has 1 fully saturated rings. The monoisotopic (exact) mass is 382 g/mol. The molecule has 0 aromatic carbocycles. The van der Waals surface area contributed by atoms with Gasteiger partial charge in [0.05, 0.1) is 0 Å². The van der Waals surface area contributed by atoms with Crippen molar-refractivity contribution in [2.75, 3.05) is 13.1 Å². The lowest BCUT2D eigenvalue weighted by Gasteiger charge is -2.31. The zero-order valence-electron chi connectivity index (χ0n) is 16.8. The maximum Gasteiger partial charge on any atom is 0.275 e. The number of carbonyl (C=O) groups is 1. The minimum atomic E-state index is -0.0525. The average Bonchev–Trinajstić information content (AvgIpc) is 3.33. The number of amides is 1. The number of piperidine rings is 1. The predicted octanol–water partition coefficient (Wildman–Crippen LogP) is 2.44. The summed E-state index contributed by atoms with van der Waals surface area (Å²) in [5.41, 5.74) is 3.67. The van der Waals surface area contributed by atoms with Gasteiger partial charge in [-0.2, -0.15) is 5.10 Å². The van der Waals surface area contributed by atoms with Gasteiger partial charge in [-0.15, -0.1) is 0 Å². The summed E-state index contributed by atoms with van der Waals surface area (Å²) in [6.45, 7) is 9.06. The number of likely N-dealkylation sites (tertiary alicyclic amines) is 1. The number of hydrogen-bond acceptors (Lipinski definition) is 4. The molecule has 0 atom stereocenters. The zero-order chi connectivity index (χ0) is 20.0. The van der Waals surface area contributed by atoms with Crippen LogP contribution in [0.4, 0.5) is 0 Å². The second kappa shape index (κ2) is 6.92. The molecule has 0 aliphatic carbocycles. The van der Waals surface area contributed by atoms with Crippen molar-refractivity contribution in [2.24, 2.45) is 0 Å². The van der Waals surface area contributed by atoms with Crippen molar-refractivity contribution in [1.82, 2.24) is 29.3 Å². The lowest BCUT2D eigenvalue weighted by Crippen LogP contribution is -2.39. The topological polar surface area (TPSA) is 88.3 Å². The Morgan fingerprint density at radius 2 is 1.96 bits per heavy atom. The number of hydrogen-bond donors (Lipinski definition) is 1. The summed E-state index contributed by atoms with van der Waals surface area (Å²) in [5.74, 6) is 0.311. The molecule has 1 amide bonds. The summed E-state index contributed by atoms with van der Waals surface area (Å²) in [7, 11) is 0. The number of nitrogens with zero attached hydrogens (tertiary/aromatic N) is 5. The van der Waals surface area contributed by atoms with E-state index in [2.05, 4.69) is 15.2 Å². The summed E-state index contributed by atoms with van der Waals surface area (Å²) in [6.07, 6.45) is 3.38. The van der Waals surface area contributed by atoms with Crippen LogP contribution in [0, 0.1) is 13.8 Å². The number of aryl methyl sites for hydroxylation is 1. The van der Waals surface area contributed by atoms with Gasteiger partial charge in [0.1, 0.15) is 5.69 Å². The highest BCUT2D eigenvalue weighted by Crippen LogP contribution is 2.28. The highest BCUT2D eigenvalue weighted by atomic mass is 16.2. The van der Waals surface area contributed by atoms with E-state index in [4.69, 9.17) is 0 Å². The fourth-order valence-electron chi connectivity index (χ4n) is 3.90. The standard InChI is InChI=1S/C20H26N6O2/c1-12(2)25-17(5-8-21-25)20(28)24-9-6-15(7-10-24)16-11-18-22-14(4)13(3)19(27)26(18)23-16/h5,8,11-12,15,23H,6-7,9-10H2,1-4H3. The summed E-state index contributed by atoms with van der Waals surface area (Å²) < 4.78 is 3.30. The van der Waals surface area contributed by atoms with Crippen molar-refractivity contribution < 1.29 is 4.79 Å². The summed E-state index contributed by atoms with van der Waals surface area (Å²) >= 11 is 0. The molecule has 1 aliphatic heterocycles. The van der Waals surface area contributed by atoms with Gasteiger partial charge >= 0.3 is 0 Å². The minimum absolute atomic E-state index is 0.0328. The first-order valence-electron chi connectivity index (χ1n) is 9.78. The molecule has 0 unspecified atom stereocenters. The van der Waals surface area contributed by atoms with Gasteiger partial charge in [-0.05, 0) is 46.6 Å². The Kier molecular flexibility index (Phi) is 4.56. The lowest BCUT2D eigenvalue weighted by atomic mass is 9.93. The van der Waals surface area contributed by atoms with Crippen LogP contribution < -0.4 is 5.56 Å². The molecule has 8 nitrogen and oxygen atoms in total. The molecule has 0 bridgehead atoms. The van der Waals surface area contributed by atoms with E-state index in [0.29, 0.717) is 30.0 Å². The van der Waals surface area contributed by atoms with Crippen LogP contribution >= 0.6 is 0 Å². The maximum absolute atomic E-state index is 12.9. The number of aromatic amines is 1. The Morgan fingerprint density at radius 1 is 1.25 bits per heavy atom. The largest absolute Gasteiger partial charge is 0.337 e. The molecule has 1 N–H and O–H groups in total. The Labute approximate surface area is 163 Å². The van der Waals surface area contributed by atoms with Crippen molar-refractivity contribution in [1.29, 1.82) is 0 Å². The second-order valence-corrected chi connectivity index (χ2v) is 7.85. The van der Waals surface area contributed by atoms with Crippen LogP contribution in [0.15, 0.2) is 23.1 Å². The normalized spacial score (nSPS) is 15.7. The molecule has 1 saturated heterocycles. The molecule has 0 saturated carbocycles. The van der Waals surface area contributed by atoms with E-state index in [1.807, 2.05) is 31.7 Å². The molecule has 0 radical (unpaired) electrons. The van der Waals surface area contributed by atoms with E-state index in [-0.39, 0.29) is 23.4 Å². The second-order valence-electron chi connectivity index (χ2n) is 7.85. The number of rotatable bonds is 3. The number of nitrogens with one attached hydrogen (secondary N) is 1. The fraction of sp³-hybridized carbons (Fsp3) is 0.500. The first-order valence-corrected chi connectivity index (χ1v) is 9.78. The zero-order valence-corrected chi connectivity index (χ0v) is 16.8. The molecule has 0 spiro atoms. The van der Waals surface area contributed by atoms with Gasteiger partial charge in [0.2, 0.25) is 0 Å². The van der Waals surface area contributed by atoms with Crippen molar-refractivity contribution in [3.05, 3.63) is 51.3 Å². The quantitative estimate of drug-likeness (QED) is 0.754. The molecule has 28 heavy (non-hydrogen) atoms. The summed E-state index contributed by atoms with van der Waals surface area (Å²) in [5, 5.41) is 7.49. The van der Waals surface area contributed by atoms with Crippen molar-refractivity contribution in [3.63, 3.8) is 0 Å². The van der Waals surface area contributed by atoms with Gasteiger partial charge in [0.15, 0.2) is 5.65 Å². The van der Waals surface area contributed by atoms with Gasteiger partial charge in [0.25, 0.3) is 11.5 Å². The number of H-pyrrole nitrogens is 1. The van der Waals surface area contributed by atoms with Crippen molar-refractivity contribution in [2.45, 2.75) is 52.5 Å². The first-order chi connectivity index (χ1) is 13.4. The smallest absolute Gasteiger partial charge is 0.275 e. The Hall–Kier alpha value is -2.90. The Morgan fingerprint density at radius 3 is 2.64 bits per heavy atom. The van der Waals surface area contributed by atoms with Crippen LogP contribution in [0.25, 0.3) is 5.65 Å². The van der Waals surface area contributed by atoms with Crippen LogP contribution in [0.1, 0.15) is 66.1 Å². The highest BCUT2D eigenvalue weighted by Gasteiger charge is 2.28. The molecule has 1 aliphatic rings. The summed E-state index contributed by atoms with van der Waals surface area (Å²) in [6, 6.07) is 3.90. The van der Waals surface area contributed by atoms with Gasteiger partial charge in [-0.25, -0.2) is 9.50 Å². The Balaban J connectivity index is 1.51. The van der Waals surface area contributed by atoms with Crippen LogP contribution in [0.2, 0.25) is 0 Å². The van der Waals surface area contributed by atoms with E-state index in [9.17, 15) is 9.59 Å². The lowest BCUT2D eigenvalue weighted by molar-refractivity contribution is 0.0697. The molecule has 4 rings (SSSR count). The number of fused-ring (bicyclic) bond motifs is 1. The predicted molar refractivity (Wildman–Crippen MR) is 106 cm³/mol. The third kappa shape index (κ3) is 3.02. The van der Waals surface area contributed by atoms with E-state index in [1.165, 1.54) is 4.52 Å². The van der Waals surface area contributed by atoms with Crippen molar-refractivity contribution >= 4 is 11.6 Å². The highest BCUT2D eigenvalue weighted by molar-refractivity contribution is 5.92. The van der Waals surface area contributed by atoms with Gasteiger partial charge < -0.3 is 4.90 Å². The SMILES string of the molecule is Cc1nc2cc(C3CCN(C(=O)c4ccnn4C(C)C)CC3)[nH]n2c(=O)c1C. The number of aromatic nitrogens is 5. The molecular weight excluding hydrogens is 356 g/mol. The van der Waals surface area contributed by atoms with E-state index in [1.54, 1.807) is 23.9 Å². The van der Waals surface area contributed by atoms with Crippen molar-refractivity contribution in [3.8, 4) is 0 Å². The third-order valence-electron chi connectivity index (χ3n) is 5.70. The third-order valence-corrected chi connectivity index (χ3v) is 5.70. The van der Waals surface area contributed by atoms with E-state index < -0.39 is 0 Å². The van der Waals surface area contributed by atoms with Crippen LogP contribution in [0.3, 0.4) is 0 Å². The first kappa shape index (κ1) is 18.5. The van der Waals surface area contributed by atoms with E-state index in [0.717, 1.165) is 24.2 Å². The van der Waals surface area contributed by atoms with Gasteiger partial charge in [0, 0.05) is 54.3 Å². The van der Waals surface area contributed by atoms with Crippen LogP contribution in [-0.2, 0) is 0 Å². The summed E-state index contributed by atoms with van der Waals surface area (Å²) in [4.78, 5) is 31.7. The van der Waals surface area contributed by atoms with E-state index >= 15 is 0 Å². The minimum Gasteiger partial charge on any atom is -0.337 e. The molecular formula is C20H26N6O2. The van der Waals surface area contributed by atoms with Gasteiger partial charge in [-0.1, -0.05) is 0 Å². The Bertz CT molecular complexity index is 1080. The molecule has 148 valence electrons. The van der Waals surface area contributed by atoms with Crippen LogP contribution in [-0.4, -0.2) is 48.3 Å². The fourth-order valence-corrected chi connectivity index (χ4v) is 3.90. The maximum atomic E-state index is 12.9. The van der Waals surface area contributed by atoms with Crippen LogP contribution in [0.5, 0.6) is 0 Å². The molecule has 3 aromatic heterocycles. The number of carbonyl (C=O) groups excluding carboxylic acids is 1. The molecule has 3 aromatic rings.